The second-order valence-corrected chi connectivity index (χ2v) is 2.76. The van der Waals surface area contributed by atoms with Crippen LogP contribution in [0.4, 0.5) is 0 Å². The fourth-order valence-corrected chi connectivity index (χ4v) is 0.854. The summed E-state index contributed by atoms with van der Waals surface area (Å²) in [5, 5.41) is 7.29. The minimum absolute atomic E-state index is 0.169. The molecule has 6 heteroatoms. The van der Waals surface area contributed by atoms with Gasteiger partial charge in [-0.1, -0.05) is 0 Å². The topological polar surface area (TPSA) is 102 Å². The first kappa shape index (κ1) is 13.6. The zero-order chi connectivity index (χ0) is 11.8. The van der Waals surface area contributed by atoms with Gasteiger partial charge in [-0.15, -0.1) is 0 Å². The van der Waals surface area contributed by atoms with Crippen LogP contribution >= 0.6 is 0 Å². The van der Waals surface area contributed by atoms with Crippen LogP contribution in [-0.2, 0) is 19.1 Å². The van der Waals surface area contributed by atoms with E-state index in [1.54, 1.807) is 13.8 Å². The van der Waals surface area contributed by atoms with Gasteiger partial charge in [-0.3, -0.25) is 10.2 Å². The second-order valence-electron chi connectivity index (χ2n) is 2.76. The van der Waals surface area contributed by atoms with Gasteiger partial charge in [-0.25, -0.2) is 4.79 Å². The summed E-state index contributed by atoms with van der Waals surface area (Å²) in [4.78, 5) is 22.1. The van der Waals surface area contributed by atoms with E-state index in [9.17, 15) is 9.59 Å². The van der Waals surface area contributed by atoms with Crippen LogP contribution in [0.5, 0.6) is 0 Å². The number of nitrogens with one attached hydrogen (secondary N) is 1. The third kappa shape index (κ3) is 5.11. The van der Waals surface area contributed by atoms with Crippen molar-refractivity contribution in [3.05, 3.63) is 0 Å². The highest BCUT2D eigenvalue weighted by molar-refractivity contribution is 6.35. The third-order valence-corrected chi connectivity index (χ3v) is 1.54. The highest BCUT2D eigenvalue weighted by Gasteiger charge is 2.20. The molecule has 1 atom stereocenters. The summed E-state index contributed by atoms with van der Waals surface area (Å²) in [7, 11) is 0. The average Bonchev–Trinajstić information content (AvgIpc) is 2.18. The number of rotatable bonds is 6. The first-order valence-corrected chi connectivity index (χ1v) is 4.69. The quantitative estimate of drug-likeness (QED) is 0.474. The molecule has 0 radical (unpaired) electrons. The predicted molar refractivity (Wildman–Crippen MR) is 53.6 cm³/mol. The number of carbonyl (C=O) groups is 2. The number of carbonyl (C=O) groups excluding carboxylic acids is 2. The van der Waals surface area contributed by atoms with Crippen molar-refractivity contribution in [1.29, 1.82) is 5.41 Å². The lowest BCUT2D eigenvalue weighted by molar-refractivity contribution is -0.144. The Morgan fingerprint density at radius 1 is 1.27 bits per heavy atom. The molecule has 15 heavy (non-hydrogen) atoms. The minimum Gasteiger partial charge on any atom is -0.465 e. The van der Waals surface area contributed by atoms with Crippen molar-refractivity contribution in [2.75, 3.05) is 13.2 Å². The van der Waals surface area contributed by atoms with Gasteiger partial charge in [0.25, 0.3) is 0 Å². The van der Waals surface area contributed by atoms with E-state index in [1.165, 1.54) is 0 Å². The molecule has 0 aromatic heterocycles. The molecule has 0 aromatic rings. The third-order valence-electron chi connectivity index (χ3n) is 1.54. The fraction of sp³-hybridized carbons (Fsp3) is 0.667. The van der Waals surface area contributed by atoms with Crippen LogP contribution in [0, 0.1) is 5.41 Å². The lowest BCUT2D eigenvalue weighted by Crippen LogP contribution is -2.36. The lowest BCUT2D eigenvalue weighted by atomic mass is 10.1. The molecule has 0 saturated carbocycles. The molecule has 3 N–H and O–H groups in total. The number of ether oxygens (including phenoxy) is 2. The van der Waals surface area contributed by atoms with E-state index in [2.05, 4.69) is 9.47 Å². The van der Waals surface area contributed by atoms with E-state index >= 15 is 0 Å². The summed E-state index contributed by atoms with van der Waals surface area (Å²) in [6, 6.07) is -0.984. The molecule has 0 aromatic carbocycles. The maximum Gasteiger partial charge on any atom is 0.351 e. The SMILES string of the molecule is CCOC(=O)C(=N)CC(N)C(=O)OCC. The Labute approximate surface area is 88.2 Å². The van der Waals surface area contributed by atoms with Crippen LogP contribution in [0.15, 0.2) is 0 Å². The number of hydrogen-bond donors (Lipinski definition) is 2. The average molecular weight is 216 g/mol. The van der Waals surface area contributed by atoms with E-state index in [-0.39, 0.29) is 25.3 Å². The molecule has 0 fully saturated rings. The molecular weight excluding hydrogens is 200 g/mol. The van der Waals surface area contributed by atoms with Crippen molar-refractivity contribution in [3.63, 3.8) is 0 Å². The van der Waals surface area contributed by atoms with Crippen molar-refractivity contribution < 1.29 is 19.1 Å². The standard InChI is InChI=1S/C9H16N2O4/c1-3-14-8(12)6(10)5-7(11)9(13)15-4-2/h6,11H,3-5,10H2,1-2H3. The number of hydrogen-bond acceptors (Lipinski definition) is 6. The molecule has 0 saturated heterocycles. The lowest BCUT2D eigenvalue weighted by Gasteiger charge is -2.10. The Kier molecular flexibility index (Phi) is 6.28. The number of nitrogens with two attached hydrogens (primary N) is 1. The first-order chi connectivity index (χ1) is 7.02. The Morgan fingerprint density at radius 2 is 1.80 bits per heavy atom. The minimum atomic E-state index is -0.984. The Bertz CT molecular complexity index is 252. The van der Waals surface area contributed by atoms with Gasteiger partial charge in [0.2, 0.25) is 0 Å². The van der Waals surface area contributed by atoms with Gasteiger partial charge in [-0.05, 0) is 13.8 Å². The molecule has 6 nitrogen and oxygen atoms in total. The highest BCUT2D eigenvalue weighted by Crippen LogP contribution is 1.96. The van der Waals surface area contributed by atoms with Gasteiger partial charge in [0.05, 0.1) is 13.2 Å². The van der Waals surface area contributed by atoms with Gasteiger partial charge in [-0.2, -0.15) is 0 Å². The van der Waals surface area contributed by atoms with E-state index < -0.39 is 18.0 Å². The van der Waals surface area contributed by atoms with Crippen LogP contribution in [-0.4, -0.2) is 36.9 Å². The van der Waals surface area contributed by atoms with Crippen molar-refractivity contribution in [2.24, 2.45) is 5.73 Å². The molecule has 0 spiro atoms. The van der Waals surface area contributed by atoms with Gasteiger partial charge >= 0.3 is 11.9 Å². The van der Waals surface area contributed by atoms with E-state index in [0.29, 0.717) is 0 Å². The maximum atomic E-state index is 11.1. The number of esters is 2. The summed E-state index contributed by atoms with van der Waals surface area (Å²) in [6.45, 7) is 3.70. The van der Waals surface area contributed by atoms with Crippen LogP contribution in [0.2, 0.25) is 0 Å². The monoisotopic (exact) mass is 216 g/mol. The van der Waals surface area contributed by atoms with Crippen LogP contribution in [0.3, 0.4) is 0 Å². The van der Waals surface area contributed by atoms with E-state index in [4.69, 9.17) is 11.1 Å². The normalized spacial score (nSPS) is 11.7. The summed E-state index contributed by atoms with van der Waals surface area (Å²) < 4.78 is 9.20. The zero-order valence-corrected chi connectivity index (χ0v) is 8.91. The van der Waals surface area contributed by atoms with Crippen molar-refractivity contribution >= 4 is 17.7 Å². The molecule has 0 aliphatic rings. The molecule has 0 aliphatic carbocycles. The largest absolute Gasteiger partial charge is 0.465 e. The Morgan fingerprint density at radius 3 is 2.27 bits per heavy atom. The molecule has 86 valence electrons. The van der Waals surface area contributed by atoms with Crippen LogP contribution in [0.25, 0.3) is 0 Å². The molecule has 0 heterocycles. The predicted octanol–water partition coefficient (Wildman–Crippen LogP) is -0.150. The highest BCUT2D eigenvalue weighted by atomic mass is 16.5. The molecule has 0 aliphatic heterocycles. The van der Waals surface area contributed by atoms with Gasteiger partial charge in [0.15, 0.2) is 0 Å². The van der Waals surface area contributed by atoms with Gasteiger partial charge in [0.1, 0.15) is 11.8 Å². The Balaban J connectivity index is 4.06. The van der Waals surface area contributed by atoms with E-state index in [0.717, 1.165) is 0 Å². The summed E-state index contributed by atoms with van der Waals surface area (Å²) >= 11 is 0. The molecule has 0 bridgehead atoms. The molecule has 1 unspecified atom stereocenters. The van der Waals surface area contributed by atoms with Crippen LogP contribution in [0.1, 0.15) is 20.3 Å². The Hall–Kier alpha value is -1.43. The van der Waals surface area contributed by atoms with Crippen molar-refractivity contribution in [1.82, 2.24) is 0 Å². The van der Waals surface area contributed by atoms with E-state index in [1.807, 2.05) is 0 Å². The van der Waals surface area contributed by atoms with Crippen molar-refractivity contribution in [2.45, 2.75) is 26.3 Å². The van der Waals surface area contributed by atoms with Gasteiger partial charge in [0, 0.05) is 6.42 Å². The van der Waals surface area contributed by atoms with Crippen LogP contribution < -0.4 is 5.73 Å². The maximum absolute atomic E-state index is 11.1. The molecular formula is C9H16N2O4. The first-order valence-electron chi connectivity index (χ1n) is 4.69. The second kappa shape index (κ2) is 6.94. The fourth-order valence-electron chi connectivity index (χ4n) is 0.854. The summed E-state index contributed by atoms with van der Waals surface area (Å²) in [6.07, 6.45) is -0.169. The summed E-state index contributed by atoms with van der Waals surface area (Å²) in [5.41, 5.74) is 5.09. The van der Waals surface area contributed by atoms with Crippen molar-refractivity contribution in [3.8, 4) is 0 Å². The smallest absolute Gasteiger partial charge is 0.351 e. The van der Waals surface area contributed by atoms with Gasteiger partial charge < -0.3 is 15.2 Å². The molecule has 0 rings (SSSR count). The molecule has 0 amide bonds. The summed E-state index contributed by atoms with van der Waals surface area (Å²) in [5.74, 6) is -1.37. The zero-order valence-electron chi connectivity index (χ0n) is 8.91.